The van der Waals surface area contributed by atoms with Crippen LogP contribution in [0, 0.1) is 6.92 Å². The van der Waals surface area contributed by atoms with Crippen LogP contribution in [0.3, 0.4) is 0 Å². The van der Waals surface area contributed by atoms with E-state index < -0.39 is 18.5 Å². The standard InChI is InChI=1S/C14H21N3O5/c1-4-6-15-11(18)7-16-12(19)8-21-14(20)13-9(3)22-17-10(13)5-2/h4-8H2,1-3H3,(H,15,18)(H,16,19). The number of amides is 2. The van der Waals surface area contributed by atoms with Crippen LogP contribution in [0.1, 0.15) is 42.1 Å². The van der Waals surface area contributed by atoms with Crippen molar-refractivity contribution in [2.75, 3.05) is 19.7 Å². The SMILES string of the molecule is CCCNC(=O)CNC(=O)COC(=O)c1c(CC)noc1C. The Kier molecular flexibility index (Phi) is 7.07. The fraction of sp³-hybridized carbons (Fsp3) is 0.571. The molecule has 0 spiro atoms. The van der Waals surface area contributed by atoms with E-state index in [1.807, 2.05) is 13.8 Å². The van der Waals surface area contributed by atoms with E-state index in [4.69, 9.17) is 9.26 Å². The van der Waals surface area contributed by atoms with E-state index in [2.05, 4.69) is 15.8 Å². The van der Waals surface area contributed by atoms with Crippen molar-refractivity contribution in [1.29, 1.82) is 0 Å². The molecule has 1 rings (SSSR count). The summed E-state index contributed by atoms with van der Waals surface area (Å²) in [4.78, 5) is 34.7. The number of hydrogen-bond acceptors (Lipinski definition) is 6. The zero-order valence-corrected chi connectivity index (χ0v) is 13.0. The molecule has 0 saturated carbocycles. The molecule has 0 bridgehead atoms. The maximum Gasteiger partial charge on any atom is 0.344 e. The quantitative estimate of drug-likeness (QED) is 0.670. The lowest BCUT2D eigenvalue weighted by molar-refractivity contribution is -0.127. The molecule has 0 aliphatic rings. The summed E-state index contributed by atoms with van der Waals surface area (Å²) in [6.07, 6.45) is 1.33. The minimum absolute atomic E-state index is 0.150. The van der Waals surface area contributed by atoms with Crippen molar-refractivity contribution in [2.45, 2.75) is 33.6 Å². The van der Waals surface area contributed by atoms with E-state index in [9.17, 15) is 14.4 Å². The van der Waals surface area contributed by atoms with Gasteiger partial charge < -0.3 is 19.9 Å². The minimum atomic E-state index is -0.666. The van der Waals surface area contributed by atoms with Gasteiger partial charge in [-0.25, -0.2) is 4.79 Å². The number of carbonyl (C=O) groups excluding carboxylic acids is 3. The molecule has 0 aliphatic carbocycles. The first-order valence-electron chi connectivity index (χ1n) is 7.15. The fourth-order valence-electron chi connectivity index (χ4n) is 1.68. The number of aromatic nitrogens is 1. The minimum Gasteiger partial charge on any atom is -0.452 e. The van der Waals surface area contributed by atoms with Crippen molar-refractivity contribution in [1.82, 2.24) is 15.8 Å². The number of aryl methyl sites for hydroxylation is 2. The van der Waals surface area contributed by atoms with Gasteiger partial charge in [-0.05, 0) is 19.8 Å². The Morgan fingerprint density at radius 1 is 1.18 bits per heavy atom. The summed E-state index contributed by atoms with van der Waals surface area (Å²) in [5.74, 6) is -1.15. The molecule has 1 heterocycles. The summed E-state index contributed by atoms with van der Waals surface area (Å²) in [6, 6.07) is 0. The van der Waals surface area contributed by atoms with Gasteiger partial charge in [0.05, 0.1) is 12.2 Å². The van der Waals surface area contributed by atoms with E-state index in [1.165, 1.54) is 0 Å². The van der Waals surface area contributed by atoms with Gasteiger partial charge in [-0.15, -0.1) is 0 Å². The molecule has 0 saturated heterocycles. The summed E-state index contributed by atoms with van der Waals surface area (Å²) in [7, 11) is 0. The van der Waals surface area contributed by atoms with Gasteiger partial charge in [-0.3, -0.25) is 9.59 Å². The molecule has 0 aliphatic heterocycles. The average molecular weight is 311 g/mol. The van der Waals surface area contributed by atoms with Crippen molar-refractivity contribution in [3.63, 3.8) is 0 Å². The third-order valence-electron chi connectivity index (χ3n) is 2.83. The summed E-state index contributed by atoms with van der Waals surface area (Å²) in [6.45, 7) is 5.29. The van der Waals surface area contributed by atoms with Crippen LogP contribution in [-0.2, 0) is 20.7 Å². The van der Waals surface area contributed by atoms with Crippen LogP contribution in [0.4, 0.5) is 0 Å². The first-order valence-corrected chi connectivity index (χ1v) is 7.15. The van der Waals surface area contributed by atoms with Gasteiger partial charge in [-0.1, -0.05) is 19.0 Å². The van der Waals surface area contributed by atoms with Crippen molar-refractivity contribution in [3.05, 3.63) is 17.0 Å². The molecule has 0 fully saturated rings. The lowest BCUT2D eigenvalue weighted by atomic mass is 10.1. The van der Waals surface area contributed by atoms with Gasteiger partial charge in [-0.2, -0.15) is 0 Å². The lowest BCUT2D eigenvalue weighted by Gasteiger charge is -2.07. The number of ether oxygens (including phenoxy) is 1. The Hall–Kier alpha value is -2.38. The fourth-order valence-corrected chi connectivity index (χ4v) is 1.68. The van der Waals surface area contributed by atoms with E-state index in [1.54, 1.807) is 6.92 Å². The molecule has 0 radical (unpaired) electrons. The Balaban J connectivity index is 2.39. The molecule has 22 heavy (non-hydrogen) atoms. The highest BCUT2D eigenvalue weighted by molar-refractivity contribution is 5.93. The molecule has 1 aromatic rings. The Morgan fingerprint density at radius 2 is 1.91 bits per heavy atom. The molecule has 0 unspecified atom stereocenters. The first kappa shape index (κ1) is 17.7. The molecular weight excluding hydrogens is 290 g/mol. The second-order valence-corrected chi connectivity index (χ2v) is 4.62. The normalized spacial score (nSPS) is 10.1. The zero-order chi connectivity index (χ0) is 16.5. The van der Waals surface area contributed by atoms with Crippen LogP contribution in [-0.4, -0.2) is 42.6 Å². The number of esters is 1. The second kappa shape index (κ2) is 8.81. The summed E-state index contributed by atoms with van der Waals surface area (Å²) >= 11 is 0. The highest BCUT2D eigenvalue weighted by atomic mass is 16.5. The topological polar surface area (TPSA) is 111 Å². The molecule has 2 amide bonds. The highest BCUT2D eigenvalue weighted by Crippen LogP contribution is 2.14. The predicted molar refractivity (Wildman–Crippen MR) is 77.2 cm³/mol. The lowest BCUT2D eigenvalue weighted by Crippen LogP contribution is -2.39. The Morgan fingerprint density at radius 3 is 2.55 bits per heavy atom. The van der Waals surface area contributed by atoms with Crippen LogP contribution in [0.25, 0.3) is 0 Å². The molecule has 0 aromatic carbocycles. The third kappa shape index (κ3) is 5.19. The Labute approximate surface area is 128 Å². The number of rotatable bonds is 8. The van der Waals surface area contributed by atoms with Gasteiger partial charge >= 0.3 is 5.97 Å². The van der Waals surface area contributed by atoms with Crippen LogP contribution < -0.4 is 10.6 Å². The number of hydrogen-bond donors (Lipinski definition) is 2. The average Bonchev–Trinajstić information content (AvgIpc) is 2.89. The largest absolute Gasteiger partial charge is 0.452 e. The molecule has 1 aromatic heterocycles. The molecule has 0 atom stereocenters. The van der Waals surface area contributed by atoms with E-state index in [0.29, 0.717) is 24.4 Å². The van der Waals surface area contributed by atoms with Crippen molar-refractivity contribution >= 4 is 17.8 Å². The van der Waals surface area contributed by atoms with Gasteiger partial charge in [0.2, 0.25) is 5.91 Å². The van der Waals surface area contributed by atoms with Crippen molar-refractivity contribution in [3.8, 4) is 0 Å². The first-order chi connectivity index (χ1) is 10.5. The zero-order valence-electron chi connectivity index (χ0n) is 13.0. The second-order valence-electron chi connectivity index (χ2n) is 4.62. The number of carbonyl (C=O) groups is 3. The molecule has 8 heteroatoms. The highest BCUT2D eigenvalue weighted by Gasteiger charge is 2.21. The van der Waals surface area contributed by atoms with Crippen LogP contribution in [0.15, 0.2) is 4.52 Å². The van der Waals surface area contributed by atoms with Gasteiger partial charge in [0.15, 0.2) is 6.61 Å². The monoisotopic (exact) mass is 311 g/mol. The van der Waals surface area contributed by atoms with E-state index in [-0.39, 0.29) is 18.0 Å². The van der Waals surface area contributed by atoms with Gasteiger partial charge in [0.1, 0.15) is 11.3 Å². The van der Waals surface area contributed by atoms with Crippen molar-refractivity contribution in [2.24, 2.45) is 0 Å². The number of nitrogens with one attached hydrogen (secondary N) is 2. The number of nitrogens with zero attached hydrogens (tertiary/aromatic N) is 1. The summed E-state index contributed by atoms with van der Waals surface area (Å²) in [5.41, 5.74) is 0.734. The van der Waals surface area contributed by atoms with E-state index in [0.717, 1.165) is 6.42 Å². The Bertz CT molecular complexity index is 539. The van der Waals surface area contributed by atoms with Gasteiger partial charge in [0, 0.05) is 6.54 Å². The molecule has 8 nitrogen and oxygen atoms in total. The predicted octanol–water partition coefficient (Wildman–Crippen LogP) is 0.345. The maximum atomic E-state index is 11.9. The van der Waals surface area contributed by atoms with Crippen LogP contribution >= 0.6 is 0 Å². The third-order valence-corrected chi connectivity index (χ3v) is 2.83. The van der Waals surface area contributed by atoms with Gasteiger partial charge in [0.25, 0.3) is 5.91 Å². The molecule has 122 valence electrons. The van der Waals surface area contributed by atoms with Crippen LogP contribution in [0.2, 0.25) is 0 Å². The van der Waals surface area contributed by atoms with Crippen molar-refractivity contribution < 1.29 is 23.6 Å². The summed E-state index contributed by atoms with van der Waals surface area (Å²) < 4.78 is 9.83. The van der Waals surface area contributed by atoms with E-state index >= 15 is 0 Å². The maximum absolute atomic E-state index is 11.9. The smallest absolute Gasteiger partial charge is 0.344 e. The van der Waals surface area contributed by atoms with Crippen LogP contribution in [0.5, 0.6) is 0 Å². The molecular formula is C14H21N3O5. The summed E-state index contributed by atoms with van der Waals surface area (Å²) in [5, 5.41) is 8.72. The molecule has 2 N–H and O–H groups in total.